The van der Waals surface area contributed by atoms with Crippen LogP contribution >= 0.6 is 0 Å². The molecule has 6 nitrogen and oxygen atoms in total. The van der Waals surface area contributed by atoms with Crippen LogP contribution in [0.2, 0.25) is 0 Å². The van der Waals surface area contributed by atoms with E-state index in [1.54, 1.807) is 0 Å². The van der Waals surface area contributed by atoms with Gasteiger partial charge in [-0.3, -0.25) is 0 Å². The Bertz CT molecular complexity index is 325. The highest BCUT2D eigenvalue weighted by atomic mass is 32.2. The van der Waals surface area contributed by atoms with E-state index < -0.39 is 15.9 Å². The van der Waals surface area contributed by atoms with Gasteiger partial charge < -0.3 is 15.4 Å². The minimum Gasteiger partial charge on any atom is -0.335 e. The normalized spacial score (nSPS) is 20.5. The summed E-state index contributed by atoms with van der Waals surface area (Å²) in [5.41, 5.74) is 0. The van der Waals surface area contributed by atoms with Gasteiger partial charge in [0.25, 0.3) is 0 Å². The molecule has 1 fully saturated rings. The second-order valence-electron chi connectivity index (χ2n) is 3.45. The Morgan fingerprint density at radius 2 is 1.93 bits per heavy atom. The molecule has 1 saturated heterocycles. The highest BCUT2D eigenvalue weighted by Crippen LogP contribution is 2.11. The fourth-order valence-electron chi connectivity index (χ4n) is 1.41. The molecule has 86 valence electrons. The zero-order valence-corrected chi connectivity index (χ0v) is 9.05. The predicted octanol–water partition coefficient (Wildman–Crippen LogP) is -0.938. The molecular weight excluding hydrogens is 220 g/mol. The summed E-state index contributed by atoms with van der Waals surface area (Å²) < 4.78 is 22.2. The number of nitrogens with one attached hydrogen (secondary N) is 2. The van der Waals surface area contributed by atoms with Crippen LogP contribution in [-0.4, -0.2) is 44.8 Å². The van der Waals surface area contributed by atoms with Crippen LogP contribution in [0, 0.1) is 0 Å². The molecule has 1 rings (SSSR count). The average Bonchev–Trinajstić information content (AvgIpc) is 2.18. The number of aldehydes is 1. The van der Waals surface area contributed by atoms with Gasteiger partial charge in [-0.25, -0.2) is 13.2 Å². The third-order valence-corrected chi connectivity index (χ3v) is 3.95. The lowest BCUT2D eigenvalue weighted by molar-refractivity contribution is -0.107. The first-order valence-corrected chi connectivity index (χ1v) is 6.54. The first kappa shape index (κ1) is 12.0. The molecule has 7 heteroatoms. The Labute approximate surface area is 88.3 Å². The van der Waals surface area contributed by atoms with Gasteiger partial charge in [0.15, 0.2) is 0 Å². The lowest BCUT2D eigenvalue weighted by Crippen LogP contribution is -2.45. The predicted molar refractivity (Wildman–Crippen MR) is 54.3 cm³/mol. The molecule has 0 aromatic heterocycles. The summed E-state index contributed by atoms with van der Waals surface area (Å²) in [6.45, 7) is -0.0309. The molecule has 15 heavy (non-hydrogen) atoms. The fourth-order valence-corrected chi connectivity index (χ4v) is 2.90. The standard InChI is InChI=1S/C8H14N2O4S/c11-4-3-9-8(12)10-7-1-5-15(13,14)6-2-7/h4,7H,1-3,5-6H2,(H2,9,10,12). The summed E-state index contributed by atoms with van der Waals surface area (Å²) in [4.78, 5) is 21.1. The molecule has 2 amide bonds. The first-order valence-electron chi connectivity index (χ1n) is 4.72. The molecular formula is C8H14N2O4S. The molecule has 2 N–H and O–H groups in total. The van der Waals surface area contributed by atoms with Gasteiger partial charge in [-0.05, 0) is 12.8 Å². The number of carbonyl (C=O) groups is 2. The van der Waals surface area contributed by atoms with E-state index >= 15 is 0 Å². The maximum Gasteiger partial charge on any atom is 0.315 e. The topological polar surface area (TPSA) is 92.3 Å². The summed E-state index contributed by atoms with van der Waals surface area (Å²) in [5, 5.41) is 4.95. The molecule has 1 aliphatic rings. The Balaban J connectivity index is 2.29. The van der Waals surface area contributed by atoms with Gasteiger partial charge in [0, 0.05) is 6.04 Å². The van der Waals surface area contributed by atoms with Crippen LogP contribution in [0.25, 0.3) is 0 Å². The Kier molecular flexibility index (Phi) is 4.07. The van der Waals surface area contributed by atoms with E-state index in [9.17, 15) is 18.0 Å². The zero-order chi connectivity index (χ0) is 11.3. The van der Waals surface area contributed by atoms with Gasteiger partial charge in [0.05, 0.1) is 18.1 Å². The molecule has 1 aliphatic heterocycles. The number of hydrogen-bond donors (Lipinski definition) is 2. The van der Waals surface area contributed by atoms with Crippen molar-refractivity contribution in [3.05, 3.63) is 0 Å². The summed E-state index contributed by atoms with van der Waals surface area (Å²) >= 11 is 0. The summed E-state index contributed by atoms with van der Waals surface area (Å²) in [6.07, 6.45) is 1.47. The maximum atomic E-state index is 11.1. The molecule has 0 bridgehead atoms. The van der Waals surface area contributed by atoms with E-state index in [2.05, 4.69) is 10.6 Å². The van der Waals surface area contributed by atoms with Gasteiger partial charge in [-0.1, -0.05) is 0 Å². The average molecular weight is 234 g/mol. The highest BCUT2D eigenvalue weighted by Gasteiger charge is 2.24. The van der Waals surface area contributed by atoms with Crippen molar-refractivity contribution < 1.29 is 18.0 Å². The Hall–Kier alpha value is -1.11. The largest absolute Gasteiger partial charge is 0.335 e. The van der Waals surface area contributed by atoms with E-state index in [4.69, 9.17) is 0 Å². The van der Waals surface area contributed by atoms with Crippen molar-refractivity contribution in [1.82, 2.24) is 10.6 Å². The minimum absolute atomic E-state index is 0.0309. The van der Waals surface area contributed by atoms with Crippen molar-refractivity contribution in [1.29, 1.82) is 0 Å². The quantitative estimate of drug-likeness (QED) is 0.616. The van der Waals surface area contributed by atoms with Crippen molar-refractivity contribution in [2.24, 2.45) is 0 Å². The first-order chi connectivity index (χ1) is 7.03. The van der Waals surface area contributed by atoms with Crippen molar-refractivity contribution in [2.75, 3.05) is 18.1 Å². The Morgan fingerprint density at radius 3 is 2.47 bits per heavy atom. The maximum absolute atomic E-state index is 11.1. The summed E-state index contributed by atoms with van der Waals surface area (Å²) in [7, 11) is -2.90. The molecule has 0 atom stereocenters. The molecule has 0 aromatic rings. The minimum atomic E-state index is -2.90. The van der Waals surface area contributed by atoms with Crippen LogP contribution in [-0.2, 0) is 14.6 Å². The van der Waals surface area contributed by atoms with Crippen molar-refractivity contribution in [2.45, 2.75) is 18.9 Å². The van der Waals surface area contributed by atoms with Crippen LogP contribution in [0.15, 0.2) is 0 Å². The smallest absolute Gasteiger partial charge is 0.315 e. The second-order valence-corrected chi connectivity index (χ2v) is 5.75. The highest BCUT2D eigenvalue weighted by molar-refractivity contribution is 7.91. The van der Waals surface area contributed by atoms with Crippen LogP contribution in [0.5, 0.6) is 0 Å². The van der Waals surface area contributed by atoms with E-state index in [1.807, 2.05) is 0 Å². The number of carbonyl (C=O) groups excluding carboxylic acids is 2. The second kappa shape index (κ2) is 5.11. The van der Waals surface area contributed by atoms with Crippen LogP contribution in [0.3, 0.4) is 0 Å². The third kappa shape index (κ3) is 4.28. The van der Waals surface area contributed by atoms with Crippen molar-refractivity contribution >= 4 is 22.2 Å². The molecule has 0 radical (unpaired) electrons. The molecule has 0 unspecified atom stereocenters. The van der Waals surface area contributed by atoms with Crippen molar-refractivity contribution in [3.63, 3.8) is 0 Å². The SMILES string of the molecule is O=CCNC(=O)NC1CCS(=O)(=O)CC1. The number of sulfone groups is 1. The van der Waals surface area contributed by atoms with Crippen LogP contribution in [0.4, 0.5) is 4.79 Å². The summed E-state index contributed by atoms with van der Waals surface area (Å²) in [6, 6.07) is -0.536. The lowest BCUT2D eigenvalue weighted by Gasteiger charge is -2.22. The van der Waals surface area contributed by atoms with E-state index in [0.29, 0.717) is 19.1 Å². The molecule has 0 aliphatic carbocycles. The third-order valence-electron chi connectivity index (χ3n) is 2.24. The lowest BCUT2D eigenvalue weighted by atomic mass is 10.2. The zero-order valence-electron chi connectivity index (χ0n) is 8.23. The van der Waals surface area contributed by atoms with Gasteiger partial charge >= 0.3 is 6.03 Å². The molecule has 0 saturated carbocycles. The van der Waals surface area contributed by atoms with E-state index in [-0.39, 0.29) is 24.1 Å². The van der Waals surface area contributed by atoms with Gasteiger partial charge in [-0.15, -0.1) is 0 Å². The van der Waals surface area contributed by atoms with E-state index in [1.165, 1.54) is 0 Å². The summed E-state index contributed by atoms with van der Waals surface area (Å²) in [5.74, 6) is 0.233. The number of hydrogen-bond acceptors (Lipinski definition) is 4. The molecule has 1 heterocycles. The van der Waals surface area contributed by atoms with Crippen LogP contribution in [0.1, 0.15) is 12.8 Å². The monoisotopic (exact) mass is 234 g/mol. The Morgan fingerprint density at radius 1 is 1.33 bits per heavy atom. The van der Waals surface area contributed by atoms with E-state index in [0.717, 1.165) is 0 Å². The number of urea groups is 1. The number of rotatable bonds is 3. The number of amides is 2. The van der Waals surface area contributed by atoms with Crippen LogP contribution < -0.4 is 10.6 Å². The molecule has 0 spiro atoms. The molecule has 0 aromatic carbocycles. The fraction of sp³-hybridized carbons (Fsp3) is 0.750. The van der Waals surface area contributed by atoms with Gasteiger partial charge in [-0.2, -0.15) is 0 Å². The van der Waals surface area contributed by atoms with Gasteiger partial charge in [0.2, 0.25) is 0 Å². The van der Waals surface area contributed by atoms with Crippen molar-refractivity contribution in [3.8, 4) is 0 Å². The van der Waals surface area contributed by atoms with Gasteiger partial charge in [0.1, 0.15) is 16.1 Å².